The van der Waals surface area contributed by atoms with E-state index < -0.39 is 18.3 Å². The number of carbonyl (C=O) groups excluding carboxylic acids is 2. The summed E-state index contributed by atoms with van der Waals surface area (Å²) >= 11 is 2.11. The molecule has 0 aromatic rings. The van der Waals surface area contributed by atoms with Gasteiger partial charge < -0.3 is 15.2 Å². The van der Waals surface area contributed by atoms with Gasteiger partial charge in [-0.25, -0.2) is 9.59 Å². The highest BCUT2D eigenvalue weighted by molar-refractivity contribution is 14.1. The molecule has 1 aliphatic heterocycles. The van der Waals surface area contributed by atoms with Crippen LogP contribution < -0.4 is 10.6 Å². The van der Waals surface area contributed by atoms with Gasteiger partial charge in [-0.05, 0) is 6.42 Å². The Morgan fingerprint density at radius 2 is 2.26 bits per heavy atom. The number of urea groups is 1. The third-order valence-electron chi connectivity index (χ3n) is 1.79. The maximum Gasteiger partial charge on any atom is 0.507 e. The average Bonchev–Trinajstić information content (AvgIpc) is 2.70. The van der Waals surface area contributed by atoms with E-state index in [0.29, 0.717) is 10.8 Å². The first-order valence-electron chi connectivity index (χ1n) is 5.51. The molecule has 3 amide bonds. The number of amides is 3. The zero-order valence-corrected chi connectivity index (χ0v) is 12.5. The van der Waals surface area contributed by atoms with Crippen LogP contribution in [0.3, 0.4) is 0 Å². The van der Waals surface area contributed by atoms with Gasteiger partial charge in [-0.3, -0.25) is 10.1 Å². The largest absolute Gasteiger partial charge is 0.507 e. The molecule has 0 aromatic heterocycles. The molecule has 1 heterocycles. The molecule has 106 valence electrons. The molecule has 0 bridgehead atoms. The van der Waals surface area contributed by atoms with Gasteiger partial charge in [-0.2, -0.15) is 0 Å². The molecular formula is C11H15IN2O5. The monoisotopic (exact) mass is 382 g/mol. The lowest BCUT2D eigenvalue weighted by Gasteiger charge is -2.06. The Balaban J connectivity index is 0.000000388. The predicted octanol–water partition coefficient (Wildman–Crippen LogP) is 1.11. The summed E-state index contributed by atoms with van der Waals surface area (Å²) in [4.78, 5) is 30.2. The quantitative estimate of drug-likeness (QED) is 0.223. The van der Waals surface area contributed by atoms with Gasteiger partial charge in [0.2, 0.25) is 5.91 Å². The van der Waals surface area contributed by atoms with Crippen LogP contribution in [0.15, 0.2) is 0 Å². The molecule has 0 radical (unpaired) electrons. The van der Waals surface area contributed by atoms with Gasteiger partial charge in [0.05, 0.1) is 11.0 Å². The minimum Gasteiger partial charge on any atom is -0.450 e. The molecular weight excluding hydrogens is 367 g/mol. The van der Waals surface area contributed by atoms with Crippen LogP contribution in [-0.4, -0.2) is 40.3 Å². The smallest absolute Gasteiger partial charge is 0.450 e. The molecule has 7 nitrogen and oxygen atoms in total. The van der Waals surface area contributed by atoms with Crippen LogP contribution in [0.4, 0.5) is 9.59 Å². The van der Waals surface area contributed by atoms with E-state index in [-0.39, 0.29) is 12.5 Å². The van der Waals surface area contributed by atoms with Crippen LogP contribution in [0.1, 0.15) is 19.8 Å². The molecule has 1 rings (SSSR count). The topological polar surface area (TPSA) is 105 Å². The summed E-state index contributed by atoms with van der Waals surface area (Å²) in [5, 5.41) is 12.6. The minimum absolute atomic E-state index is 0.124. The third kappa shape index (κ3) is 10.1. The normalized spacial score (nSPS) is 14.0. The number of halogens is 1. The van der Waals surface area contributed by atoms with E-state index in [1.807, 2.05) is 12.2 Å². The third-order valence-corrected chi connectivity index (χ3v) is 2.17. The fourth-order valence-electron chi connectivity index (χ4n) is 1.07. The minimum atomic E-state index is -1.25. The van der Waals surface area contributed by atoms with Crippen molar-refractivity contribution in [2.45, 2.75) is 25.9 Å². The zero-order chi connectivity index (χ0) is 14.7. The van der Waals surface area contributed by atoms with Crippen molar-refractivity contribution in [3.63, 3.8) is 0 Å². The first-order chi connectivity index (χ1) is 8.99. The maximum atomic E-state index is 10.2. The molecule has 0 aromatic carbocycles. The molecule has 0 saturated carbocycles. The van der Waals surface area contributed by atoms with Crippen molar-refractivity contribution in [2.24, 2.45) is 0 Å². The molecule has 3 N–H and O–H groups in total. The highest BCUT2D eigenvalue weighted by Gasteiger charge is 2.14. The van der Waals surface area contributed by atoms with Crippen LogP contribution in [0.5, 0.6) is 0 Å². The lowest BCUT2D eigenvalue weighted by molar-refractivity contribution is -0.117. The second-order valence-electron chi connectivity index (χ2n) is 3.35. The van der Waals surface area contributed by atoms with Gasteiger partial charge in [-0.1, -0.05) is 47.8 Å². The Morgan fingerprint density at radius 1 is 1.58 bits per heavy atom. The van der Waals surface area contributed by atoms with Crippen molar-refractivity contribution in [2.75, 3.05) is 11.0 Å². The van der Waals surface area contributed by atoms with Crippen LogP contribution in [-0.2, 0) is 9.53 Å². The SMILES string of the molecule is CCCC(C#CCI)OC(=O)O.O=C1CNC(=O)N1. The van der Waals surface area contributed by atoms with E-state index in [4.69, 9.17) is 5.11 Å². The van der Waals surface area contributed by atoms with Crippen LogP contribution in [0.2, 0.25) is 0 Å². The van der Waals surface area contributed by atoms with Crippen molar-refractivity contribution >= 4 is 40.7 Å². The fourth-order valence-corrected chi connectivity index (χ4v) is 1.29. The Bertz CT molecular complexity index is 374. The summed E-state index contributed by atoms with van der Waals surface area (Å²) in [6, 6.07) is -0.398. The second kappa shape index (κ2) is 10.4. The van der Waals surface area contributed by atoms with Crippen LogP contribution >= 0.6 is 22.6 Å². The summed E-state index contributed by atoms with van der Waals surface area (Å²) in [5.41, 5.74) is 0. The van der Waals surface area contributed by atoms with E-state index in [1.54, 1.807) is 0 Å². The van der Waals surface area contributed by atoms with E-state index in [9.17, 15) is 14.4 Å². The Hall–Kier alpha value is -1.50. The van der Waals surface area contributed by atoms with Crippen molar-refractivity contribution in [1.82, 2.24) is 10.6 Å². The van der Waals surface area contributed by atoms with Crippen molar-refractivity contribution in [1.29, 1.82) is 0 Å². The number of hydrogen-bond donors (Lipinski definition) is 3. The van der Waals surface area contributed by atoms with Crippen molar-refractivity contribution in [3.05, 3.63) is 0 Å². The van der Waals surface area contributed by atoms with Gasteiger partial charge in [-0.15, -0.1) is 0 Å². The van der Waals surface area contributed by atoms with Gasteiger partial charge >= 0.3 is 12.2 Å². The number of imide groups is 1. The number of rotatable bonds is 3. The number of carbonyl (C=O) groups is 3. The molecule has 19 heavy (non-hydrogen) atoms. The summed E-state index contributed by atoms with van der Waals surface area (Å²) in [5.74, 6) is 5.27. The Morgan fingerprint density at radius 3 is 2.58 bits per heavy atom. The molecule has 8 heteroatoms. The van der Waals surface area contributed by atoms with Gasteiger partial charge in [0.15, 0.2) is 6.10 Å². The first-order valence-corrected chi connectivity index (χ1v) is 7.03. The van der Waals surface area contributed by atoms with E-state index in [0.717, 1.165) is 6.42 Å². The summed E-state index contributed by atoms with van der Waals surface area (Å²) in [6.45, 7) is 2.09. The van der Waals surface area contributed by atoms with Crippen LogP contribution in [0.25, 0.3) is 0 Å². The molecule has 1 aliphatic rings. The van der Waals surface area contributed by atoms with Crippen LogP contribution in [0, 0.1) is 11.8 Å². The Labute approximate surface area is 124 Å². The van der Waals surface area contributed by atoms with Gasteiger partial charge in [0, 0.05) is 0 Å². The average molecular weight is 382 g/mol. The zero-order valence-electron chi connectivity index (χ0n) is 10.4. The first kappa shape index (κ1) is 17.5. The molecule has 0 spiro atoms. The highest BCUT2D eigenvalue weighted by atomic mass is 127. The number of nitrogens with one attached hydrogen (secondary N) is 2. The number of alkyl halides is 1. The lowest BCUT2D eigenvalue weighted by atomic mass is 10.2. The fraction of sp³-hybridized carbons (Fsp3) is 0.545. The van der Waals surface area contributed by atoms with E-state index in [2.05, 4.69) is 44.5 Å². The standard InChI is InChI=1S/C8H11IO3.C3H4N2O2/c1-2-4-7(5-3-6-9)12-8(10)11;6-2-1-4-3(7)5-2/h7H,2,4,6H2,1H3,(H,10,11);1H2,(H2,4,5,6,7). The molecule has 1 atom stereocenters. The number of ether oxygens (including phenoxy) is 1. The van der Waals surface area contributed by atoms with Crippen molar-refractivity contribution in [3.8, 4) is 11.8 Å². The van der Waals surface area contributed by atoms with Crippen molar-refractivity contribution < 1.29 is 24.2 Å². The van der Waals surface area contributed by atoms with E-state index in [1.165, 1.54) is 0 Å². The Kier molecular flexibility index (Phi) is 9.60. The summed E-state index contributed by atoms with van der Waals surface area (Å²) in [6.07, 6.45) is -0.178. The molecule has 1 fully saturated rings. The highest BCUT2D eigenvalue weighted by Crippen LogP contribution is 2.01. The number of carboxylic acid groups (broad SMARTS) is 1. The second-order valence-corrected chi connectivity index (χ2v) is 4.11. The molecule has 0 aliphatic carbocycles. The summed E-state index contributed by atoms with van der Waals surface area (Å²) in [7, 11) is 0. The van der Waals surface area contributed by atoms with Gasteiger partial charge in [0.25, 0.3) is 0 Å². The lowest BCUT2D eigenvalue weighted by Crippen LogP contribution is -2.22. The summed E-state index contributed by atoms with van der Waals surface area (Å²) < 4.78 is 5.23. The molecule has 1 saturated heterocycles. The van der Waals surface area contributed by atoms with Gasteiger partial charge in [0.1, 0.15) is 0 Å². The molecule has 1 unspecified atom stereocenters. The number of hydrogen-bond acceptors (Lipinski definition) is 4. The maximum absolute atomic E-state index is 10.2. The van der Waals surface area contributed by atoms with E-state index >= 15 is 0 Å². The predicted molar refractivity (Wildman–Crippen MR) is 76.0 cm³/mol.